The molecule has 2 aliphatic rings. The summed E-state index contributed by atoms with van der Waals surface area (Å²) in [6.07, 6.45) is 4.54. The summed E-state index contributed by atoms with van der Waals surface area (Å²) in [6.45, 7) is 6.76. The van der Waals surface area contributed by atoms with E-state index >= 15 is 0 Å². The van der Waals surface area contributed by atoms with Crippen LogP contribution >= 0.6 is 0 Å². The molecule has 0 bridgehead atoms. The summed E-state index contributed by atoms with van der Waals surface area (Å²) in [6, 6.07) is 10.5. The molecule has 0 radical (unpaired) electrons. The van der Waals surface area contributed by atoms with Crippen LogP contribution in [0.4, 0.5) is 5.95 Å². The Kier molecular flexibility index (Phi) is 4.62. The van der Waals surface area contributed by atoms with E-state index in [2.05, 4.69) is 38.8 Å². The Labute approximate surface area is 155 Å². The third-order valence-electron chi connectivity index (χ3n) is 5.69. The fourth-order valence-electron chi connectivity index (χ4n) is 4.32. The van der Waals surface area contributed by atoms with E-state index in [1.165, 1.54) is 5.56 Å². The molecule has 4 rings (SSSR count). The maximum atomic E-state index is 13.0. The molecule has 2 aromatic rings. The number of piperidine rings is 1. The van der Waals surface area contributed by atoms with Crippen molar-refractivity contribution in [2.75, 3.05) is 24.5 Å². The van der Waals surface area contributed by atoms with Crippen molar-refractivity contribution in [1.29, 1.82) is 0 Å². The number of carbonyl (C=O) groups excluding carboxylic acids is 1. The zero-order valence-corrected chi connectivity index (χ0v) is 15.6. The Bertz CT molecular complexity index is 806. The number of anilines is 1. The van der Waals surface area contributed by atoms with Gasteiger partial charge in [-0.25, -0.2) is 9.97 Å². The fourth-order valence-corrected chi connectivity index (χ4v) is 4.32. The largest absolute Gasteiger partial charge is 0.339 e. The number of hydrogen-bond donors (Lipinski definition) is 0. The Hall–Kier alpha value is -2.43. The lowest BCUT2D eigenvalue weighted by atomic mass is 9.92. The number of rotatable bonds is 3. The van der Waals surface area contributed by atoms with Crippen LogP contribution in [0.15, 0.2) is 36.5 Å². The lowest BCUT2D eigenvalue weighted by Gasteiger charge is -2.38. The molecule has 2 saturated heterocycles. The second-order valence-electron chi connectivity index (χ2n) is 7.60. The van der Waals surface area contributed by atoms with Gasteiger partial charge in [0.05, 0.1) is 12.5 Å². The molecule has 2 fully saturated rings. The standard InChI is InChI=1S/C21H26N4O/c1-15-4-3-5-17(12-15)13-20(26)25-11-8-18-7-10-24(14-19(18)25)21-22-9-6-16(2)23-21/h3-6,9,12,18-19H,7-8,10-11,13-14H2,1-2H3. The number of fused-ring (bicyclic) bond motifs is 1. The predicted molar refractivity (Wildman–Crippen MR) is 102 cm³/mol. The van der Waals surface area contributed by atoms with E-state index in [0.29, 0.717) is 12.3 Å². The average Bonchev–Trinajstić information content (AvgIpc) is 3.05. The first-order chi connectivity index (χ1) is 12.6. The lowest BCUT2D eigenvalue weighted by molar-refractivity contribution is -0.131. The normalized spacial score (nSPS) is 22.4. The van der Waals surface area contributed by atoms with Gasteiger partial charge in [-0.15, -0.1) is 0 Å². The molecule has 1 aromatic heterocycles. The molecule has 1 amide bonds. The molecule has 3 heterocycles. The van der Waals surface area contributed by atoms with Gasteiger partial charge in [-0.3, -0.25) is 4.79 Å². The topological polar surface area (TPSA) is 49.3 Å². The molecule has 2 unspecified atom stereocenters. The summed E-state index contributed by atoms with van der Waals surface area (Å²) in [4.78, 5) is 26.3. The van der Waals surface area contributed by atoms with E-state index in [1.807, 2.05) is 31.3 Å². The van der Waals surface area contributed by atoms with Crippen molar-refractivity contribution >= 4 is 11.9 Å². The SMILES string of the molecule is Cc1cccc(CC(=O)N2CCC3CCN(c4nccc(C)n4)CC32)c1. The van der Waals surface area contributed by atoms with Gasteiger partial charge in [-0.05, 0) is 44.2 Å². The van der Waals surface area contributed by atoms with Gasteiger partial charge in [0.1, 0.15) is 0 Å². The molecule has 1 aromatic carbocycles. The van der Waals surface area contributed by atoms with Gasteiger partial charge in [0.2, 0.25) is 11.9 Å². The number of benzene rings is 1. The number of aryl methyl sites for hydroxylation is 2. The monoisotopic (exact) mass is 350 g/mol. The van der Waals surface area contributed by atoms with Crippen LogP contribution in [0.2, 0.25) is 0 Å². The molecule has 26 heavy (non-hydrogen) atoms. The summed E-state index contributed by atoms with van der Waals surface area (Å²) >= 11 is 0. The minimum atomic E-state index is 0.245. The van der Waals surface area contributed by atoms with Crippen molar-refractivity contribution in [3.8, 4) is 0 Å². The van der Waals surface area contributed by atoms with Crippen LogP contribution in [0.25, 0.3) is 0 Å². The Morgan fingerprint density at radius 1 is 1.19 bits per heavy atom. The van der Waals surface area contributed by atoms with Crippen LogP contribution in [0.3, 0.4) is 0 Å². The Morgan fingerprint density at radius 2 is 2.04 bits per heavy atom. The summed E-state index contributed by atoms with van der Waals surface area (Å²) in [5.74, 6) is 1.65. The molecule has 0 N–H and O–H groups in total. The molecule has 2 aliphatic heterocycles. The van der Waals surface area contributed by atoms with Crippen molar-refractivity contribution < 1.29 is 4.79 Å². The van der Waals surface area contributed by atoms with Crippen LogP contribution in [-0.4, -0.2) is 46.5 Å². The molecular weight excluding hydrogens is 324 g/mol. The molecule has 5 nitrogen and oxygen atoms in total. The van der Waals surface area contributed by atoms with E-state index in [9.17, 15) is 4.79 Å². The number of nitrogens with zero attached hydrogens (tertiary/aromatic N) is 4. The van der Waals surface area contributed by atoms with Gasteiger partial charge in [-0.1, -0.05) is 29.8 Å². The number of amides is 1. The highest BCUT2D eigenvalue weighted by molar-refractivity contribution is 5.79. The molecule has 0 aliphatic carbocycles. The summed E-state index contributed by atoms with van der Waals surface area (Å²) in [5, 5.41) is 0. The fraction of sp³-hybridized carbons (Fsp3) is 0.476. The van der Waals surface area contributed by atoms with Gasteiger partial charge in [-0.2, -0.15) is 0 Å². The van der Waals surface area contributed by atoms with Crippen molar-refractivity contribution in [2.45, 2.75) is 39.2 Å². The second-order valence-corrected chi connectivity index (χ2v) is 7.60. The van der Waals surface area contributed by atoms with Crippen LogP contribution in [0, 0.1) is 19.8 Å². The van der Waals surface area contributed by atoms with Gasteiger partial charge in [0.25, 0.3) is 0 Å². The summed E-state index contributed by atoms with van der Waals surface area (Å²) < 4.78 is 0. The first-order valence-electron chi connectivity index (χ1n) is 9.50. The number of aromatic nitrogens is 2. The molecule has 0 spiro atoms. The van der Waals surface area contributed by atoms with Gasteiger partial charge < -0.3 is 9.80 Å². The van der Waals surface area contributed by atoms with Crippen LogP contribution in [0.5, 0.6) is 0 Å². The lowest BCUT2D eigenvalue weighted by Crippen LogP contribution is -2.50. The van der Waals surface area contributed by atoms with E-state index in [0.717, 1.165) is 49.7 Å². The maximum Gasteiger partial charge on any atom is 0.227 e. The number of carbonyl (C=O) groups is 1. The quantitative estimate of drug-likeness (QED) is 0.854. The smallest absolute Gasteiger partial charge is 0.227 e. The maximum absolute atomic E-state index is 13.0. The zero-order valence-electron chi connectivity index (χ0n) is 15.6. The summed E-state index contributed by atoms with van der Waals surface area (Å²) in [7, 11) is 0. The molecule has 5 heteroatoms. The third kappa shape index (κ3) is 3.43. The second kappa shape index (κ2) is 7.06. The first-order valence-corrected chi connectivity index (χ1v) is 9.50. The third-order valence-corrected chi connectivity index (χ3v) is 5.69. The zero-order chi connectivity index (χ0) is 18.1. The molecular formula is C21H26N4O. The molecule has 136 valence electrons. The van der Waals surface area contributed by atoms with Gasteiger partial charge in [0, 0.05) is 31.5 Å². The van der Waals surface area contributed by atoms with Crippen molar-refractivity contribution in [1.82, 2.24) is 14.9 Å². The molecule has 2 atom stereocenters. The van der Waals surface area contributed by atoms with Crippen molar-refractivity contribution in [3.05, 3.63) is 53.3 Å². The van der Waals surface area contributed by atoms with Crippen LogP contribution in [-0.2, 0) is 11.2 Å². The minimum absolute atomic E-state index is 0.245. The Balaban J connectivity index is 1.47. The van der Waals surface area contributed by atoms with Crippen LogP contribution in [0.1, 0.15) is 29.7 Å². The summed E-state index contributed by atoms with van der Waals surface area (Å²) in [5.41, 5.74) is 3.29. The number of hydrogen-bond acceptors (Lipinski definition) is 4. The Morgan fingerprint density at radius 3 is 2.85 bits per heavy atom. The highest BCUT2D eigenvalue weighted by Crippen LogP contribution is 2.33. The first kappa shape index (κ1) is 17.0. The highest BCUT2D eigenvalue weighted by atomic mass is 16.2. The van der Waals surface area contributed by atoms with Crippen molar-refractivity contribution in [2.24, 2.45) is 5.92 Å². The van der Waals surface area contributed by atoms with E-state index in [4.69, 9.17) is 0 Å². The number of likely N-dealkylation sites (tertiary alicyclic amines) is 1. The predicted octanol–water partition coefficient (Wildman–Crippen LogP) is 2.76. The highest BCUT2D eigenvalue weighted by Gasteiger charge is 2.40. The van der Waals surface area contributed by atoms with Gasteiger partial charge in [0.15, 0.2) is 0 Å². The minimum Gasteiger partial charge on any atom is -0.339 e. The average molecular weight is 350 g/mol. The van der Waals surface area contributed by atoms with Crippen LogP contribution < -0.4 is 4.90 Å². The van der Waals surface area contributed by atoms with E-state index in [1.54, 1.807) is 0 Å². The molecule has 0 saturated carbocycles. The van der Waals surface area contributed by atoms with Crippen molar-refractivity contribution in [3.63, 3.8) is 0 Å². The van der Waals surface area contributed by atoms with E-state index in [-0.39, 0.29) is 11.9 Å². The van der Waals surface area contributed by atoms with Gasteiger partial charge >= 0.3 is 0 Å². The van der Waals surface area contributed by atoms with E-state index < -0.39 is 0 Å².